The van der Waals surface area contributed by atoms with E-state index in [0.717, 1.165) is 11.4 Å². The van der Waals surface area contributed by atoms with Gasteiger partial charge in [0.15, 0.2) is 0 Å². The van der Waals surface area contributed by atoms with E-state index in [9.17, 15) is 4.39 Å². The van der Waals surface area contributed by atoms with Gasteiger partial charge in [0.05, 0.1) is 6.04 Å². The summed E-state index contributed by atoms with van der Waals surface area (Å²) in [4.78, 5) is 0. The van der Waals surface area contributed by atoms with E-state index >= 15 is 0 Å². The number of rotatable bonds is 3. The SMILES string of the molecule is CC(Nc1ccn(C)n1)c1cccc(F)c1. The molecule has 4 heteroatoms. The van der Waals surface area contributed by atoms with Crippen LogP contribution in [0.3, 0.4) is 0 Å². The minimum atomic E-state index is -0.216. The third-order valence-electron chi connectivity index (χ3n) is 2.43. The number of benzene rings is 1. The molecule has 0 radical (unpaired) electrons. The van der Waals surface area contributed by atoms with Gasteiger partial charge in [-0.3, -0.25) is 4.68 Å². The first-order valence-corrected chi connectivity index (χ1v) is 5.17. The van der Waals surface area contributed by atoms with E-state index in [1.165, 1.54) is 12.1 Å². The molecule has 16 heavy (non-hydrogen) atoms. The highest BCUT2D eigenvalue weighted by Crippen LogP contribution is 2.18. The fraction of sp³-hybridized carbons (Fsp3) is 0.250. The summed E-state index contributed by atoms with van der Waals surface area (Å²) in [5.41, 5.74) is 0.908. The van der Waals surface area contributed by atoms with Gasteiger partial charge in [0.1, 0.15) is 11.6 Å². The van der Waals surface area contributed by atoms with Crippen molar-refractivity contribution in [3.8, 4) is 0 Å². The van der Waals surface area contributed by atoms with Gasteiger partial charge in [0.25, 0.3) is 0 Å². The summed E-state index contributed by atoms with van der Waals surface area (Å²) in [7, 11) is 1.86. The molecule has 1 aromatic heterocycles. The molecule has 1 unspecified atom stereocenters. The Balaban J connectivity index is 2.11. The van der Waals surface area contributed by atoms with Crippen molar-refractivity contribution in [2.24, 2.45) is 7.05 Å². The van der Waals surface area contributed by atoms with Crippen LogP contribution in [0.4, 0.5) is 10.2 Å². The molecule has 1 aromatic carbocycles. The van der Waals surface area contributed by atoms with Crippen LogP contribution in [0.2, 0.25) is 0 Å². The van der Waals surface area contributed by atoms with Gasteiger partial charge in [-0.2, -0.15) is 5.10 Å². The topological polar surface area (TPSA) is 29.9 Å². The molecule has 0 fully saturated rings. The summed E-state index contributed by atoms with van der Waals surface area (Å²) in [5, 5.41) is 7.42. The van der Waals surface area contributed by atoms with Crippen LogP contribution in [0.5, 0.6) is 0 Å². The molecule has 0 aliphatic rings. The molecular weight excluding hydrogens is 205 g/mol. The van der Waals surface area contributed by atoms with Crippen LogP contribution in [0.15, 0.2) is 36.5 Å². The van der Waals surface area contributed by atoms with Crippen LogP contribution in [-0.4, -0.2) is 9.78 Å². The first-order valence-electron chi connectivity index (χ1n) is 5.17. The van der Waals surface area contributed by atoms with E-state index in [0.29, 0.717) is 0 Å². The molecule has 0 saturated heterocycles. The second-order valence-electron chi connectivity index (χ2n) is 3.80. The Morgan fingerprint density at radius 3 is 2.81 bits per heavy atom. The summed E-state index contributed by atoms with van der Waals surface area (Å²) in [6, 6.07) is 8.49. The van der Waals surface area contributed by atoms with E-state index in [2.05, 4.69) is 10.4 Å². The highest BCUT2D eigenvalue weighted by atomic mass is 19.1. The molecule has 0 aliphatic heterocycles. The van der Waals surface area contributed by atoms with E-state index in [1.54, 1.807) is 10.7 Å². The second kappa shape index (κ2) is 4.35. The number of nitrogens with one attached hydrogen (secondary N) is 1. The lowest BCUT2D eigenvalue weighted by molar-refractivity contribution is 0.623. The lowest BCUT2D eigenvalue weighted by atomic mass is 10.1. The fourth-order valence-corrected chi connectivity index (χ4v) is 1.57. The Morgan fingerprint density at radius 2 is 2.19 bits per heavy atom. The van der Waals surface area contributed by atoms with Crippen molar-refractivity contribution in [2.75, 3.05) is 5.32 Å². The Morgan fingerprint density at radius 1 is 1.38 bits per heavy atom. The number of anilines is 1. The number of nitrogens with zero attached hydrogens (tertiary/aromatic N) is 2. The summed E-state index contributed by atoms with van der Waals surface area (Å²) in [6.45, 7) is 1.98. The zero-order valence-electron chi connectivity index (χ0n) is 9.31. The predicted molar refractivity (Wildman–Crippen MR) is 61.6 cm³/mol. The monoisotopic (exact) mass is 219 g/mol. The number of aromatic nitrogens is 2. The lowest BCUT2D eigenvalue weighted by Gasteiger charge is -2.13. The van der Waals surface area contributed by atoms with Gasteiger partial charge in [0.2, 0.25) is 0 Å². The van der Waals surface area contributed by atoms with Gasteiger partial charge in [0, 0.05) is 19.3 Å². The highest BCUT2D eigenvalue weighted by molar-refractivity contribution is 5.36. The van der Waals surface area contributed by atoms with E-state index < -0.39 is 0 Å². The molecular formula is C12H14FN3. The summed E-state index contributed by atoms with van der Waals surface area (Å²) >= 11 is 0. The zero-order chi connectivity index (χ0) is 11.5. The molecule has 84 valence electrons. The van der Waals surface area contributed by atoms with Crippen molar-refractivity contribution in [1.82, 2.24) is 9.78 Å². The maximum atomic E-state index is 13.0. The number of hydrogen-bond donors (Lipinski definition) is 1. The molecule has 1 heterocycles. The molecule has 0 aliphatic carbocycles. The molecule has 2 rings (SSSR count). The summed E-state index contributed by atoms with van der Waals surface area (Å²) < 4.78 is 14.7. The average molecular weight is 219 g/mol. The minimum Gasteiger partial charge on any atom is -0.362 e. The Kier molecular flexibility index (Phi) is 2.90. The lowest BCUT2D eigenvalue weighted by Crippen LogP contribution is -2.07. The Labute approximate surface area is 93.9 Å². The fourth-order valence-electron chi connectivity index (χ4n) is 1.57. The van der Waals surface area contributed by atoms with E-state index in [1.807, 2.05) is 32.3 Å². The molecule has 0 amide bonds. The average Bonchev–Trinajstić information content (AvgIpc) is 2.64. The molecule has 0 saturated carbocycles. The first-order chi connectivity index (χ1) is 7.65. The van der Waals surface area contributed by atoms with Crippen LogP contribution < -0.4 is 5.32 Å². The molecule has 1 atom stereocenters. The third-order valence-corrected chi connectivity index (χ3v) is 2.43. The van der Waals surface area contributed by atoms with Gasteiger partial charge in [-0.05, 0) is 24.6 Å². The van der Waals surface area contributed by atoms with Crippen molar-refractivity contribution in [1.29, 1.82) is 0 Å². The van der Waals surface area contributed by atoms with Crippen molar-refractivity contribution in [3.63, 3.8) is 0 Å². The largest absolute Gasteiger partial charge is 0.362 e. The van der Waals surface area contributed by atoms with Gasteiger partial charge in [-0.25, -0.2) is 4.39 Å². The maximum absolute atomic E-state index is 13.0. The molecule has 0 bridgehead atoms. The van der Waals surface area contributed by atoms with Crippen LogP contribution >= 0.6 is 0 Å². The third kappa shape index (κ3) is 2.39. The Bertz CT molecular complexity index is 479. The van der Waals surface area contributed by atoms with Crippen LogP contribution in [0.25, 0.3) is 0 Å². The predicted octanol–water partition coefficient (Wildman–Crippen LogP) is 2.73. The second-order valence-corrected chi connectivity index (χ2v) is 3.80. The first kappa shape index (κ1) is 10.7. The van der Waals surface area contributed by atoms with Crippen LogP contribution in [0, 0.1) is 5.82 Å². The Hall–Kier alpha value is -1.84. The van der Waals surface area contributed by atoms with Crippen molar-refractivity contribution < 1.29 is 4.39 Å². The van der Waals surface area contributed by atoms with Gasteiger partial charge < -0.3 is 5.32 Å². The van der Waals surface area contributed by atoms with E-state index in [4.69, 9.17) is 0 Å². The number of aryl methyl sites for hydroxylation is 1. The standard InChI is InChI=1S/C12H14FN3/c1-9(10-4-3-5-11(13)8-10)14-12-6-7-16(2)15-12/h3-9H,1-2H3,(H,14,15). The van der Waals surface area contributed by atoms with Gasteiger partial charge in [-0.1, -0.05) is 12.1 Å². The quantitative estimate of drug-likeness (QED) is 0.860. The van der Waals surface area contributed by atoms with Crippen LogP contribution in [-0.2, 0) is 7.05 Å². The van der Waals surface area contributed by atoms with Gasteiger partial charge in [-0.15, -0.1) is 0 Å². The van der Waals surface area contributed by atoms with Crippen molar-refractivity contribution in [2.45, 2.75) is 13.0 Å². The summed E-state index contributed by atoms with van der Waals surface area (Å²) in [6.07, 6.45) is 1.86. The molecule has 1 N–H and O–H groups in total. The summed E-state index contributed by atoms with van der Waals surface area (Å²) in [5.74, 6) is 0.575. The number of halogens is 1. The maximum Gasteiger partial charge on any atom is 0.148 e. The normalized spacial score (nSPS) is 12.4. The minimum absolute atomic E-state index is 0.0330. The highest BCUT2D eigenvalue weighted by Gasteiger charge is 2.07. The molecule has 2 aromatic rings. The molecule has 3 nitrogen and oxygen atoms in total. The number of hydrogen-bond acceptors (Lipinski definition) is 2. The van der Waals surface area contributed by atoms with E-state index in [-0.39, 0.29) is 11.9 Å². The zero-order valence-corrected chi connectivity index (χ0v) is 9.31. The van der Waals surface area contributed by atoms with Crippen LogP contribution in [0.1, 0.15) is 18.5 Å². The molecule has 0 spiro atoms. The van der Waals surface area contributed by atoms with Crippen molar-refractivity contribution in [3.05, 3.63) is 47.9 Å². The smallest absolute Gasteiger partial charge is 0.148 e. The van der Waals surface area contributed by atoms with Crippen molar-refractivity contribution >= 4 is 5.82 Å². The van der Waals surface area contributed by atoms with Gasteiger partial charge >= 0.3 is 0 Å².